The Kier molecular flexibility index (Phi) is 3.63. The van der Waals surface area contributed by atoms with E-state index in [0.29, 0.717) is 5.56 Å². The van der Waals surface area contributed by atoms with E-state index in [2.05, 4.69) is 4.98 Å². The fourth-order valence-electron chi connectivity index (χ4n) is 1.45. The van der Waals surface area contributed by atoms with Gasteiger partial charge < -0.3 is 0 Å². The Bertz CT molecular complexity index is 659. The summed E-state index contributed by atoms with van der Waals surface area (Å²) in [6.07, 6.45) is 1.40. The van der Waals surface area contributed by atoms with Gasteiger partial charge in [0.25, 0.3) is 0 Å². The van der Waals surface area contributed by atoms with Gasteiger partial charge in [-0.15, -0.1) is 0 Å². The average molecular weight is 286 g/mol. The molecule has 0 aliphatic carbocycles. The quantitative estimate of drug-likeness (QED) is 0.871. The highest BCUT2D eigenvalue weighted by molar-refractivity contribution is 7.90. The van der Waals surface area contributed by atoms with Gasteiger partial charge in [0.05, 0.1) is 5.75 Å². The molecule has 1 aromatic heterocycles. The molecule has 0 saturated heterocycles. The lowest BCUT2D eigenvalue weighted by molar-refractivity contribution is 0.591. The van der Waals surface area contributed by atoms with Crippen molar-refractivity contribution in [3.05, 3.63) is 59.0 Å². The summed E-state index contributed by atoms with van der Waals surface area (Å²) in [4.78, 5) is 3.79. The predicted molar refractivity (Wildman–Crippen MR) is 66.5 cm³/mol. The smallest absolute Gasteiger partial charge is 0.199 e. The number of rotatable bonds is 3. The van der Waals surface area contributed by atoms with Crippen LogP contribution in [0.15, 0.2) is 47.6 Å². The number of halogens is 2. The second-order valence-corrected chi connectivity index (χ2v) is 6.01. The first-order valence-electron chi connectivity index (χ1n) is 5.07. The Labute approximate surface area is 109 Å². The maximum atomic E-state index is 12.9. The summed E-state index contributed by atoms with van der Waals surface area (Å²) in [5.41, 5.74) is 0.351. The van der Waals surface area contributed by atoms with E-state index in [1.54, 1.807) is 12.1 Å². The van der Waals surface area contributed by atoms with Crippen LogP contribution in [0, 0.1) is 5.82 Å². The third-order valence-corrected chi connectivity index (χ3v) is 4.24. The SMILES string of the molecule is O=S(=O)(Cc1ccc(F)cc1Cl)c1ccccn1. The number of hydrogen-bond acceptors (Lipinski definition) is 3. The number of aromatic nitrogens is 1. The molecule has 3 nitrogen and oxygen atoms in total. The van der Waals surface area contributed by atoms with Crippen molar-refractivity contribution in [1.82, 2.24) is 4.98 Å². The first kappa shape index (κ1) is 13.0. The zero-order chi connectivity index (χ0) is 13.2. The molecule has 0 radical (unpaired) electrons. The molecular formula is C12H9ClFNO2S. The molecular weight excluding hydrogens is 277 g/mol. The van der Waals surface area contributed by atoms with Gasteiger partial charge in [-0.3, -0.25) is 0 Å². The van der Waals surface area contributed by atoms with E-state index in [4.69, 9.17) is 11.6 Å². The second kappa shape index (κ2) is 5.04. The van der Waals surface area contributed by atoms with Crippen LogP contribution in [0.3, 0.4) is 0 Å². The van der Waals surface area contributed by atoms with Gasteiger partial charge in [-0.2, -0.15) is 0 Å². The molecule has 1 aromatic carbocycles. The number of sulfone groups is 1. The summed E-state index contributed by atoms with van der Waals surface area (Å²) in [7, 11) is -3.57. The van der Waals surface area contributed by atoms with Crippen LogP contribution in [-0.2, 0) is 15.6 Å². The average Bonchev–Trinajstić information content (AvgIpc) is 2.34. The monoisotopic (exact) mass is 285 g/mol. The maximum Gasteiger partial charge on any atom is 0.199 e. The van der Waals surface area contributed by atoms with Crippen LogP contribution in [0.2, 0.25) is 5.02 Å². The normalized spacial score (nSPS) is 11.4. The molecule has 2 aromatic rings. The van der Waals surface area contributed by atoms with Gasteiger partial charge >= 0.3 is 0 Å². The molecule has 0 aliphatic rings. The Hall–Kier alpha value is -1.46. The Morgan fingerprint density at radius 2 is 2.00 bits per heavy atom. The predicted octanol–water partition coefficient (Wildman–Crippen LogP) is 2.85. The van der Waals surface area contributed by atoms with Gasteiger partial charge in [0.2, 0.25) is 0 Å². The zero-order valence-electron chi connectivity index (χ0n) is 9.18. The van der Waals surface area contributed by atoms with Gasteiger partial charge in [-0.25, -0.2) is 17.8 Å². The van der Waals surface area contributed by atoms with Crippen molar-refractivity contribution < 1.29 is 12.8 Å². The summed E-state index contributed by atoms with van der Waals surface area (Å²) in [6.45, 7) is 0. The van der Waals surface area contributed by atoms with Crippen molar-refractivity contribution >= 4 is 21.4 Å². The fraction of sp³-hybridized carbons (Fsp3) is 0.0833. The van der Waals surface area contributed by atoms with Crippen LogP contribution in [0.4, 0.5) is 4.39 Å². The Balaban J connectivity index is 2.34. The van der Waals surface area contributed by atoms with Gasteiger partial charge in [0.1, 0.15) is 5.82 Å². The fourth-order valence-corrected chi connectivity index (χ4v) is 3.08. The standard InChI is InChI=1S/C12H9ClFNO2S/c13-11-7-10(14)5-4-9(11)8-18(16,17)12-3-1-2-6-15-12/h1-7H,8H2. The van der Waals surface area contributed by atoms with E-state index >= 15 is 0 Å². The minimum absolute atomic E-state index is 0.0228. The number of pyridine rings is 1. The topological polar surface area (TPSA) is 47.0 Å². The van der Waals surface area contributed by atoms with E-state index in [9.17, 15) is 12.8 Å². The van der Waals surface area contributed by atoms with Crippen molar-refractivity contribution in [2.24, 2.45) is 0 Å². The van der Waals surface area contributed by atoms with Crippen LogP contribution in [-0.4, -0.2) is 13.4 Å². The molecule has 0 atom stereocenters. The lowest BCUT2D eigenvalue weighted by atomic mass is 10.2. The van der Waals surface area contributed by atoms with E-state index in [-0.39, 0.29) is 15.8 Å². The van der Waals surface area contributed by atoms with Crippen molar-refractivity contribution in [3.63, 3.8) is 0 Å². The van der Waals surface area contributed by atoms with E-state index in [1.165, 1.54) is 24.4 Å². The van der Waals surface area contributed by atoms with Gasteiger partial charge in [0.15, 0.2) is 14.9 Å². The van der Waals surface area contributed by atoms with Gasteiger partial charge in [-0.05, 0) is 29.8 Å². The first-order valence-corrected chi connectivity index (χ1v) is 7.10. The van der Waals surface area contributed by atoms with Crippen molar-refractivity contribution in [1.29, 1.82) is 0 Å². The van der Waals surface area contributed by atoms with Gasteiger partial charge in [0, 0.05) is 11.2 Å². The third-order valence-electron chi connectivity index (χ3n) is 2.32. The zero-order valence-corrected chi connectivity index (χ0v) is 10.7. The molecule has 0 saturated carbocycles. The molecule has 2 rings (SSSR count). The highest BCUT2D eigenvalue weighted by atomic mass is 35.5. The Morgan fingerprint density at radius 1 is 1.22 bits per heavy atom. The molecule has 0 amide bonds. The molecule has 0 aliphatic heterocycles. The van der Waals surface area contributed by atoms with E-state index in [1.807, 2.05) is 0 Å². The molecule has 0 bridgehead atoms. The number of benzene rings is 1. The van der Waals surface area contributed by atoms with Crippen LogP contribution in [0.1, 0.15) is 5.56 Å². The van der Waals surface area contributed by atoms with Crippen molar-refractivity contribution in [3.8, 4) is 0 Å². The maximum absolute atomic E-state index is 12.9. The number of nitrogens with zero attached hydrogens (tertiary/aromatic N) is 1. The molecule has 0 fully saturated rings. The highest BCUT2D eigenvalue weighted by Gasteiger charge is 2.18. The van der Waals surface area contributed by atoms with Crippen LogP contribution in [0.5, 0.6) is 0 Å². The minimum Gasteiger partial charge on any atom is -0.245 e. The number of hydrogen-bond donors (Lipinski definition) is 0. The summed E-state index contributed by atoms with van der Waals surface area (Å²) in [6, 6.07) is 8.25. The van der Waals surface area contributed by atoms with E-state index in [0.717, 1.165) is 6.07 Å². The molecule has 94 valence electrons. The van der Waals surface area contributed by atoms with Crippen LogP contribution < -0.4 is 0 Å². The lowest BCUT2D eigenvalue weighted by Gasteiger charge is -2.05. The molecule has 0 N–H and O–H groups in total. The molecule has 18 heavy (non-hydrogen) atoms. The van der Waals surface area contributed by atoms with Crippen LogP contribution >= 0.6 is 11.6 Å². The molecule has 0 unspecified atom stereocenters. The lowest BCUT2D eigenvalue weighted by Crippen LogP contribution is -2.07. The summed E-state index contributed by atoms with van der Waals surface area (Å²) >= 11 is 5.80. The molecule has 1 heterocycles. The van der Waals surface area contributed by atoms with Crippen molar-refractivity contribution in [2.45, 2.75) is 10.8 Å². The summed E-state index contributed by atoms with van der Waals surface area (Å²) < 4.78 is 36.9. The van der Waals surface area contributed by atoms with Crippen LogP contribution in [0.25, 0.3) is 0 Å². The highest BCUT2D eigenvalue weighted by Crippen LogP contribution is 2.22. The summed E-state index contributed by atoms with van der Waals surface area (Å²) in [5, 5.41) is 0.0693. The van der Waals surface area contributed by atoms with Crippen molar-refractivity contribution in [2.75, 3.05) is 0 Å². The van der Waals surface area contributed by atoms with E-state index < -0.39 is 15.7 Å². The molecule has 0 spiro atoms. The Morgan fingerprint density at radius 3 is 2.61 bits per heavy atom. The third kappa shape index (κ3) is 2.86. The second-order valence-electron chi connectivity index (χ2n) is 3.66. The molecule has 6 heteroatoms. The van der Waals surface area contributed by atoms with Gasteiger partial charge in [-0.1, -0.05) is 23.7 Å². The largest absolute Gasteiger partial charge is 0.245 e. The minimum atomic E-state index is -3.57. The first-order chi connectivity index (χ1) is 8.49. The summed E-state index contributed by atoms with van der Waals surface area (Å²) in [5.74, 6) is -0.803.